The minimum absolute atomic E-state index is 0.0398. The van der Waals surface area contributed by atoms with Crippen LogP contribution in [0.15, 0.2) is 18.2 Å². The molecule has 3 rings (SSSR count). The summed E-state index contributed by atoms with van der Waals surface area (Å²) < 4.78 is 5.65. The Labute approximate surface area is 116 Å². The zero-order valence-corrected chi connectivity index (χ0v) is 11.6. The second-order valence-electron chi connectivity index (χ2n) is 5.34. The number of H-pyrrole nitrogens is 1. The predicted molar refractivity (Wildman–Crippen MR) is 76.4 cm³/mol. The van der Waals surface area contributed by atoms with Crippen molar-refractivity contribution in [3.05, 3.63) is 23.9 Å². The number of carbonyl (C=O) groups excluding carboxylic acids is 1. The number of hydrogen-bond donors (Lipinski definition) is 2. The van der Waals surface area contributed by atoms with Gasteiger partial charge < -0.3 is 15.4 Å². The van der Waals surface area contributed by atoms with E-state index in [-0.39, 0.29) is 18.1 Å². The number of nitrogens with two attached hydrogens (primary N) is 1. The number of nitrogens with one attached hydrogen (secondary N) is 1. The summed E-state index contributed by atoms with van der Waals surface area (Å²) in [6, 6.07) is 5.39. The van der Waals surface area contributed by atoms with Crippen molar-refractivity contribution >= 4 is 22.5 Å². The fraction of sp³-hybridized carbons (Fsp3) is 0.429. The van der Waals surface area contributed by atoms with Crippen LogP contribution in [0.25, 0.3) is 10.9 Å². The van der Waals surface area contributed by atoms with E-state index >= 15 is 0 Å². The first-order valence-electron chi connectivity index (χ1n) is 6.73. The molecule has 2 atom stereocenters. The second kappa shape index (κ2) is 4.79. The van der Waals surface area contributed by atoms with Crippen molar-refractivity contribution in [1.82, 2.24) is 15.1 Å². The molecule has 1 aliphatic rings. The van der Waals surface area contributed by atoms with Gasteiger partial charge in [-0.05, 0) is 32.0 Å². The molecule has 3 N–H and O–H groups in total. The number of benzene rings is 1. The Morgan fingerprint density at radius 2 is 2.10 bits per heavy atom. The molecule has 1 aliphatic heterocycles. The SMILES string of the molecule is C[C@@H]1CN(C(=O)c2n[nH]c3ccc(N)cc23)C[C@H](C)O1. The molecule has 1 saturated heterocycles. The largest absolute Gasteiger partial charge is 0.399 e. The van der Waals surface area contributed by atoms with Crippen molar-refractivity contribution in [2.75, 3.05) is 18.8 Å². The number of rotatable bonds is 1. The van der Waals surface area contributed by atoms with E-state index < -0.39 is 0 Å². The minimum Gasteiger partial charge on any atom is -0.399 e. The number of amides is 1. The van der Waals surface area contributed by atoms with Gasteiger partial charge in [0.05, 0.1) is 17.7 Å². The zero-order valence-electron chi connectivity index (χ0n) is 11.6. The van der Waals surface area contributed by atoms with Crippen molar-refractivity contribution in [2.24, 2.45) is 0 Å². The maximum Gasteiger partial charge on any atom is 0.275 e. The number of ether oxygens (including phenoxy) is 1. The van der Waals surface area contributed by atoms with Crippen LogP contribution in [-0.4, -0.2) is 46.3 Å². The van der Waals surface area contributed by atoms with Gasteiger partial charge in [-0.25, -0.2) is 0 Å². The van der Waals surface area contributed by atoms with E-state index in [0.717, 1.165) is 10.9 Å². The Morgan fingerprint density at radius 3 is 2.80 bits per heavy atom. The van der Waals surface area contributed by atoms with Crippen LogP contribution in [0.4, 0.5) is 5.69 Å². The molecular weight excluding hydrogens is 256 g/mol. The number of aromatic amines is 1. The fourth-order valence-electron chi connectivity index (χ4n) is 2.69. The number of aromatic nitrogens is 2. The monoisotopic (exact) mass is 274 g/mol. The van der Waals surface area contributed by atoms with Gasteiger partial charge in [0.2, 0.25) is 0 Å². The van der Waals surface area contributed by atoms with Crippen LogP contribution in [0, 0.1) is 0 Å². The predicted octanol–water partition coefficient (Wildman–Crippen LogP) is 1.39. The average molecular weight is 274 g/mol. The summed E-state index contributed by atoms with van der Waals surface area (Å²) in [5.41, 5.74) is 7.65. The van der Waals surface area contributed by atoms with E-state index in [1.54, 1.807) is 17.0 Å². The summed E-state index contributed by atoms with van der Waals surface area (Å²) in [4.78, 5) is 14.4. The highest BCUT2D eigenvalue weighted by atomic mass is 16.5. The Bertz CT molecular complexity index is 642. The maximum absolute atomic E-state index is 12.6. The summed E-state index contributed by atoms with van der Waals surface area (Å²) in [6.07, 6.45) is 0.0796. The van der Waals surface area contributed by atoms with Gasteiger partial charge in [0.1, 0.15) is 0 Å². The molecule has 1 fully saturated rings. The van der Waals surface area contributed by atoms with Gasteiger partial charge in [-0.2, -0.15) is 5.10 Å². The Balaban J connectivity index is 1.94. The number of carbonyl (C=O) groups is 1. The van der Waals surface area contributed by atoms with Crippen LogP contribution < -0.4 is 5.73 Å². The van der Waals surface area contributed by atoms with E-state index in [1.807, 2.05) is 19.9 Å². The zero-order chi connectivity index (χ0) is 14.3. The van der Waals surface area contributed by atoms with Crippen molar-refractivity contribution in [2.45, 2.75) is 26.1 Å². The second-order valence-corrected chi connectivity index (χ2v) is 5.34. The molecule has 0 spiro atoms. The van der Waals surface area contributed by atoms with E-state index in [0.29, 0.717) is 24.5 Å². The van der Waals surface area contributed by atoms with Crippen molar-refractivity contribution in [3.63, 3.8) is 0 Å². The first kappa shape index (κ1) is 12.9. The van der Waals surface area contributed by atoms with Crippen molar-refractivity contribution in [3.8, 4) is 0 Å². The van der Waals surface area contributed by atoms with Crippen LogP contribution in [0.2, 0.25) is 0 Å². The van der Waals surface area contributed by atoms with Gasteiger partial charge in [0.25, 0.3) is 5.91 Å². The molecule has 0 aliphatic carbocycles. The Hall–Kier alpha value is -2.08. The van der Waals surface area contributed by atoms with Gasteiger partial charge in [0, 0.05) is 24.2 Å². The molecule has 6 heteroatoms. The molecule has 0 unspecified atom stereocenters. The van der Waals surface area contributed by atoms with Crippen molar-refractivity contribution < 1.29 is 9.53 Å². The number of nitrogen functional groups attached to an aromatic ring is 1. The quantitative estimate of drug-likeness (QED) is 0.770. The van der Waals surface area contributed by atoms with Gasteiger partial charge in [-0.3, -0.25) is 9.89 Å². The lowest BCUT2D eigenvalue weighted by Gasteiger charge is -2.34. The van der Waals surface area contributed by atoms with Gasteiger partial charge in [0.15, 0.2) is 5.69 Å². The van der Waals surface area contributed by atoms with Gasteiger partial charge in [-0.1, -0.05) is 0 Å². The van der Waals surface area contributed by atoms with E-state index in [4.69, 9.17) is 10.5 Å². The molecule has 1 amide bonds. The molecule has 2 heterocycles. The lowest BCUT2D eigenvalue weighted by Crippen LogP contribution is -2.48. The summed E-state index contributed by atoms with van der Waals surface area (Å²) in [7, 11) is 0. The summed E-state index contributed by atoms with van der Waals surface area (Å²) in [5.74, 6) is -0.0798. The smallest absolute Gasteiger partial charge is 0.275 e. The molecule has 1 aromatic heterocycles. The molecule has 0 saturated carbocycles. The first-order valence-corrected chi connectivity index (χ1v) is 6.73. The number of nitrogens with zero attached hydrogens (tertiary/aromatic N) is 2. The topological polar surface area (TPSA) is 84.2 Å². The van der Waals surface area contributed by atoms with Gasteiger partial charge in [-0.15, -0.1) is 0 Å². The van der Waals surface area contributed by atoms with E-state index in [2.05, 4.69) is 10.2 Å². The molecule has 0 radical (unpaired) electrons. The highest BCUT2D eigenvalue weighted by Gasteiger charge is 2.28. The number of fused-ring (bicyclic) bond motifs is 1. The van der Waals surface area contributed by atoms with Gasteiger partial charge >= 0.3 is 0 Å². The molecule has 2 aromatic rings. The highest BCUT2D eigenvalue weighted by molar-refractivity contribution is 6.05. The molecule has 106 valence electrons. The Kier molecular flexibility index (Phi) is 3.10. The van der Waals surface area contributed by atoms with Crippen LogP contribution in [0.1, 0.15) is 24.3 Å². The average Bonchev–Trinajstić information content (AvgIpc) is 2.79. The highest BCUT2D eigenvalue weighted by Crippen LogP contribution is 2.21. The molecular formula is C14H18N4O2. The number of morpholine rings is 1. The Morgan fingerprint density at radius 1 is 1.40 bits per heavy atom. The summed E-state index contributed by atoms with van der Waals surface area (Å²) in [5, 5.41) is 7.79. The summed E-state index contributed by atoms with van der Waals surface area (Å²) in [6.45, 7) is 5.10. The van der Waals surface area contributed by atoms with Crippen LogP contribution in [0.5, 0.6) is 0 Å². The maximum atomic E-state index is 12.6. The van der Waals surface area contributed by atoms with Crippen LogP contribution >= 0.6 is 0 Å². The molecule has 0 bridgehead atoms. The van der Waals surface area contributed by atoms with E-state index in [9.17, 15) is 4.79 Å². The third kappa shape index (κ3) is 2.22. The van der Waals surface area contributed by atoms with E-state index in [1.165, 1.54) is 0 Å². The van der Waals surface area contributed by atoms with Crippen molar-refractivity contribution in [1.29, 1.82) is 0 Å². The lowest BCUT2D eigenvalue weighted by molar-refractivity contribution is -0.0587. The number of hydrogen-bond acceptors (Lipinski definition) is 4. The lowest BCUT2D eigenvalue weighted by atomic mass is 10.1. The molecule has 6 nitrogen and oxygen atoms in total. The number of anilines is 1. The standard InChI is InChI=1S/C14H18N4O2/c1-8-6-18(7-9(2)20-8)14(19)13-11-5-10(15)3-4-12(11)16-17-13/h3-5,8-9H,6-7,15H2,1-2H3,(H,16,17)/t8-,9+. The third-order valence-corrected chi connectivity index (χ3v) is 3.50. The molecule has 20 heavy (non-hydrogen) atoms. The first-order chi connectivity index (χ1) is 9.54. The molecule has 1 aromatic carbocycles. The fourth-order valence-corrected chi connectivity index (χ4v) is 2.69. The third-order valence-electron chi connectivity index (χ3n) is 3.50. The van der Waals surface area contributed by atoms with Crippen LogP contribution in [-0.2, 0) is 4.74 Å². The minimum atomic E-state index is -0.0798. The van der Waals surface area contributed by atoms with Crippen LogP contribution in [0.3, 0.4) is 0 Å². The normalized spacial score (nSPS) is 23.2. The summed E-state index contributed by atoms with van der Waals surface area (Å²) >= 11 is 0.